The van der Waals surface area contributed by atoms with Gasteiger partial charge in [-0.05, 0) is 57.0 Å². The zero-order valence-electron chi connectivity index (χ0n) is 16.3. The van der Waals surface area contributed by atoms with Crippen LogP contribution in [-0.2, 0) is 4.79 Å². The van der Waals surface area contributed by atoms with E-state index in [1.54, 1.807) is 14.2 Å². The number of benzene rings is 2. The van der Waals surface area contributed by atoms with Crippen molar-refractivity contribution in [2.45, 2.75) is 43.9 Å². The Bertz CT molecular complexity index is 776. The molecule has 2 atom stereocenters. The van der Waals surface area contributed by atoms with Crippen LogP contribution in [0.15, 0.2) is 41.3 Å². The van der Waals surface area contributed by atoms with Crippen molar-refractivity contribution < 1.29 is 14.3 Å². The number of thioether (sulfide) groups is 1. The summed E-state index contributed by atoms with van der Waals surface area (Å²) in [5.74, 6) is 1.35. The lowest BCUT2D eigenvalue weighted by Gasteiger charge is -2.20. The van der Waals surface area contributed by atoms with Gasteiger partial charge in [0.2, 0.25) is 5.91 Å². The van der Waals surface area contributed by atoms with Crippen LogP contribution >= 0.6 is 11.8 Å². The molecule has 0 aliphatic heterocycles. The quantitative estimate of drug-likeness (QED) is 0.716. The molecule has 140 valence electrons. The molecule has 0 spiro atoms. The van der Waals surface area contributed by atoms with Gasteiger partial charge in [-0.15, -0.1) is 11.8 Å². The smallest absolute Gasteiger partial charge is 0.233 e. The highest BCUT2D eigenvalue weighted by Crippen LogP contribution is 2.33. The average molecular weight is 374 g/mol. The summed E-state index contributed by atoms with van der Waals surface area (Å²) < 4.78 is 10.6. The fraction of sp³-hybridized carbons (Fsp3) is 0.381. The van der Waals surface area contributed by atoms with E-state index in [4.69, 9.17) is 9.47 Å². The lowest BCUT2D eigenvalue weighted by molar-refractivity contribution is -0.120. The topological polar surface area (TPSA) is 47.6 Å². The van der Waals surface area contributed by atoms with Crippen LogP contribution in [0.1, 0.15) is 36.6 Å². The summed E-state index contributed by atoms with van der Waals surface area (Å²) in [6.45, 7) is 8.06. The summed E-state index contributed by atoms with van der Waals surface area (Å²) in [7, 11) is 3.21. The fourth-order valence-electron chi connectivity index (χ4n) is 2.78. The number of rotatable bonds is 7. The van der Waals surface area contributed by atoms with E-state index in [1.807, 2.05) is 32.0 Å². The highest BCUT2D eigenvalue weighted by molar-refractivity contribution is 8.00. The maximum Gasteiger partial charge on any atom is 0.233 e. The van der Waals surface area contributed by atoms with Gasteiger partial charge in [-0.2, -0.15) is 0 Å². The SMILES string of the molecule is COc1ccc(S[C@H](C)C(=O)N[C@@H](C)c2cc(C)ccc2C)cc1OC. The highest BCUT2D eigenvalue weighted by atomic mass is 32.2. The highest BCUT2D eigenvalue weighted by Gasteiger charge is 2.19. The van der Waals surface area contributed by atoms with Crippen molar-refractivity contribution in [3.05, 3.63) is 53.1 Å². The number of methoxy groups -OCH3 is 2. The maximum atomic E-state index is 12.6. The second-order valence-corrected chi connectivity index (χ2v) is 7.78. The van der Waals surface area contributed by atoms with E-state index in [0.717, 1.165) is 10.5 Å². The first kappa shape index (κ1) is 20.2. The van der Waals surface area contributed by atoms with Gasteiger partial charge in [-0.3, -0.25) is 4.79 Å². The minimum atomic E-state index is -0.222. The van der Waals surface area contributed by atoms with Gasteiger partial charge >= 0.3 is 0 Å². The molecular weight excluding hydrogens is 346 g/mol. The van der Waals surface area contributed by atoms with Crippen LogP contribution in [0.4, 0.5) is 0 Å². The van der Waals surface area contributed by atoms with Crippen LogP contribution in [0, 0.1) is 13.8 Å². The molecule has 1 N–H and O–H groups in total. The Labute approximate surface area is 160 Å². The van der Waals surface area contributed by atoms with Gasteiger partial charge in [0.05, 0.1) is 25.5 Å². The van der Waals surface area contributed by atoms with Crippen molar-refractivity contribution in [3.63, 3.8) is 0 Å². The summed E-state index contributed by atoms with van der Waals surface area (Å²) in [6, 6.07) is 12.0. The molecule has 5 heteroatoms. The predicted molar refractivity (Wildman–Crippen MR) is 107 cm³/mol. The Kier molecular flexibility index (Phi) is 6.98. The molecule has 0 radical (unpaired) electrons. The van der Waals surface area contributed by atoms with Crippen LogP contribution in [-0.4, -0.2) is 25.4 Å². The molecule has 0 saturated heterocycles. The number of amides is 1. The number of carbonyl (C=O) groups is 1. The second kappa shape index (κ2) is 8.99. The minimum absolute atomic E-state index is 0.0122. The summed E-state index contributed by atoms with van der Waals surface area (Å²) in [4.78, 5) is 13.6. The zero-order chi connectivity index (χ0) is 19.3. The van der Waals surface area contributed by atoms with Crippen molar-refractivity contribution in [2.24, 2.45) is 0 Å². The molecule has 26 heavy (non-hydrogen) atoms. The Morgan fingerprint density at radius 2 is 1.69 bits per heavy atom. The van der Waals surface area contributed by atoms with Gasteiger partial charge in [-0.1, -0.05) is 23.8 Å². The molecule has 0 fully saturated rings. The van der Waals surface area contributed by atoms with Crippen molar-refractivity contribution in [2.75, 3.05) is 14.2 Å². The number of carbonyl (C=O) groups excluding carboxylic acids is 1. The third-order valence-electron chi connectivity index (χ3n) is 4.30. The standard InChI is InChI=1S/C21H27NO3S/c1-13-7-8-14(2)18(11-13)15(3)22-21(23)16(4)26-17-9-10-19(24-5)20(12-17)25-6/h7-12,15-16H,1-6H3,(H,22,23)/t15-,16+/m0/s1. The van der Waals surface area contributed by atoms with Crippen molar-refractivity contribution in [1.82, 2.24) is 5.32 Å². The summed E-state index contributed by atoms with van der Waals surface area (Å²) >= 11 is 1.50. The number of ether oxygens (including phenoxy) is 2. The average Bonchev–Trinajstić information content (AvgIpc) is 2.63. The maximum absolute atomic E-state index is 12.6. The van der Waals surface area contributed by atoms with E-state index in [1.165, 1.54) is 22.9 Å². The largest absolute Gasteiger partial charge is 0.493 e. The number of aryl methyl sites for hydroxylation is 2. The van der Waals surface area contributed by atoms with E-state index in [0.29, 0.717) is 11.5 Å². The van der Waals surface area contributed by atoms with Gasteiger partial charge in [-0.25, -0.2) is 0 Å². The Balaban J connectivity index is 2.04. The summed E-state index contributed by atoms with van der Waals surface area (Å²) in [6.07, 6.45) is 0. The second-order valence-electron chi connectivity index (χ2n) is 6.37. The number of hydrogen-bond donors (Lipinski definition) is 1. The van der Waals surface area contributed by atoms with Crippen LogP contribution in [0.3, 0.4) is 0 Å². The van der Waals surface area contributed by atoms with Gasteiger partial charge in [0.25, 0.3) is 0 Å². The van der Waals surface area contributed by atoms with Gasteiger partial charge < -0.3 is 14.8 Å². The normalized spacial score (nSPS) is 13.0. The summed E-state index contributed by atoms with van der Waals surface area (Å²) in [5, 5.41) is 2.90. The number of hydrogen-bond acceptors (Lipinski definition) is 4. The lowest BCUT2D eigenvalue weighted by Crippen LogP contribution is -2.33. The Morgan fingerprint density at radius 3 is 2.35 bits per heavy atom. The molecule has 4 nitrogen and oxygen atoms in total. The molecule has 0 saturated carbocycles. The molecule has 0 aromatic heterocycles. The van der Waals surface area contributed by atoms with E-state index in [2.05, 4.69) is 37.4 Å². The molecule has 2 rings (SSSR count). The van der Waals surface area contributed by atoms with Crippen molar-refractivity contribution in [1.29, 1.82) is 0 Å². The first-order valence-electron chi connectivity index (χ1n) is 8.62. The molecular formula is C21H27NO3S. The predicted octanol–water partition coefficient (Wildman–Crippen LogP) is 4.68. The van der Waals surface area contributed by atoms with E-state index < -0.39 is 0 Å². The third-order valence-corrected chi connectivity index (χ3v) is 5.39. The van der Waals surface area contributed by atoms with E-state index in [-0.39, 0.29) is 17.2 Å². The molecule has 0 unspecified atom stereocenters. The molecule has 0 bridgehead atoms. The zero-order valence-corrected chi connectivity index (χ0v) is 17.1. The first-order valence-corrected chi connectivity index (χ1v) is 9.50. The van der Waals surface area contributed by atoms with Crippen LogP contribution in [0.25, 0.3) is 0 Å². The molecule has 0 aliphatic carbocycles. The van der Waals surface area contributed by atoms with Crippen molar-refractivity contribution in [3.8, 4) is 11.5 Å². The third kappa shape index (κ3) is 4.94. The van der Waals surface area contributed by atoms with E-state index in [9.17, 15) is 4.79 Å². The van der Waals surface area contributed by atoms with Crippen LogP contribution < -0.4 is 14.8 Å². The first-order chi connectivity index (χ1) is 12.3. The number of nitrogens with one attached hydrogen (secondary N) is 1. The molecule has 2 aromatic carbocycles. The fourth-order valence-corrected chi connectivity index (χ4v) is 3.69. The van der Waals surface area contributed by atoms with Crippen LogP contribution in [0.2, 0.25) is 0 Å². The molecule has 0 heterocycles. The molecule has 2 aromatic rings. The summed E-state index contributed by atoms with van der Waals surface area (Å²) in [5.41, 5.74) is 3.53. The van der Waals surface area contributed by atoms with Crippen LogP contribution in [0.5, 0.6) is 11.5 Å². The Morgan fingerprint density at radius 1 is 1.00 bits per heavy atom. The van der Waals surface area contributed by atoms with Gasteiger partial charge in [0.1, 0.15) is 0 Å². The minimum Gasteiger partial charge on any atom is -0.493 e. The molecule has 0 aliphatic rings. The van der Waals surface area contributed by atoms with Gasteiger partial charge in [0, 0.05) is 4.90 Å². The van der Waals surface area contributed by atoms with Gasteiger partial charge in [0.15, 0.2) is 11.5 Å². The lowest BCUT2D eigenvalue weighted by atomic mass is 10.00. The van der Waals surface area contributed by atoms with Crippen molar-refractivity contribution >= 4 is 17.7 Å². The Hall–Kier alpha value is -2.14. The monoisotopic (exact) mass is 373 g/mol. The van der Waals surface area contributed by atoms with E-state index >= 15 is 0 Å². The molecule has 1 amide bonds.